The smallest absolute Gasteiger partial charge is 0.312 e. The van der Waals surface area contributed by atoms with E-state index in [2.05, 4.69) is 5.10 Å². The molecule has 1 amide bonds. The van der Waals surface area contributed by atoms with Crippen LogP contribution in [0.1, 0.15) is 38.1 Å². The van der Waals surface area contributed by atoms with Crippen molar-refractivity contribution < 1.29 is 18.1 Å². The van der Waals surface area contributed by atoms with Crippen LogP contribution in [0.25, 0.3) is 0 Å². The summed E-state index contributed by atoms with van der Waals surface area (Å²) in [6.07, 6.45) is 1.12. The van der Waals surface area contributed by atoms with Gasteiger partial charge in [0.1, 0.15) is 17.9 Å². The number of rotatable bonds is 6. The summed E-state index contributed by atoms with van der Waals surface area (Å²) >= 11 is 0. The predicted molar refractivity (Wildman–Crippen MR) is 92.0 cm³/mol. The summed E-state index contributed by atoms with van der Waals surface area (Å²) in [6.45, 7) is 6.76. The lowest BCUT2D eigenvalue weighted by Crippen LogP contribution is -2.48. The van der Waals surface area contributed by atoms with Crippen LogP contribution in [0.2, 0.25) is 0 Å². The molecule has 0 bridgehead atoms. The Kier molecular flexibility index (Phi) is 5.50. The zero-order chi connectivity index (χ0) is 18.9. The van der Waals surface area contributed by atoms with E-state index in [9.17, 15) is 23.3 Å². The van der Waals surface area contributed by atoms with E-state index >= 15 is 0 Å². The zero-order valence-corrected chi connectivity index (χ0v) is 15.7. The third-order valence-electron chi connectivity index (χ3n) is 4.77. The van der Waals surface area contributed by atoms with Crippen molar-refractivity contribution in [3.8, 4) is 0 Å². The molecule has 2 heterocycles. The van der Waals surface area contributed by atoms with Crippen LogP contribution in [0, 0.1) is 24.0 Å². The summed E-state index contributed by atoms with van der Waals surface area (Å²) in [7, 11) is -3.12. The van der Waals surface area contributed by atoms with Gasteiger partial charge in [-0.15, -0.1) is 0 Å². The fraction of sp³-hybridized carbons (Fsp3) is 0.733. The van der Waals surface area contributed by atoms with E-state index in [1.54, 1.807) is 11.8 Å². The van der Waals surface area contributed by atoms with E-state index in [0.717, 1.165) is 0 Å². The molecule has 0 aliphatic carbocycles. The quantitative estimate of drug-likeness (QED) is 0.548. The number of carbonyl (C=O) groups is 1. The third kappa shape index (κ3) is 4.00. The number of nitrogens with zero attached hydrogens (tertiary/aromatic N) is 4. The monoisotopic (exact) mass is 372 g/mol. The minimum Gasteiger partial charge on any atom is -0.334 e. The SMILES string of the molecule is CC[C@@H](C)N(C(=O)Cn1nc(C)c([N+](=O)[O-])c1C)[C@H]1CCS(=O)(=O)C1. The summed E-state index contributed by atoms with van der Waals surface area (Å²) in [5, 5.41) is 15.2. The summed E-state index contributed by atoms with van der Waals surface area (Å²) in [6, 6.07) is -0.461. The van der Waals surface area contributed by atoms with E-state index in [4.69, 9.17) is 0 Å². The molecule has 0 unspecified atom stereocenters. The molecule has 1 aromatic rings. The minimum atomic E-state index is -3.12. The summed E-state index contributed by atoms with van der Waals surface area (Å²) in [5.41, 5.74) is 0.485. The summed E-state index contributed by atoms with van der Waals surface area (Å²) in [5.74, 6) is -0.208. The number of amides is 1. The average molecular weight is 372 g/mol. The normalized spacial score (nSPS) is 20.4. The highest BCUT2D eigenvalue weighted by atomic mass is 32.2. The standard InChI is InChI=1S/C15H24N4O5S/c1-5-10(2)18(13-6-7-25(23,24)9-13)14(20)8-17-12(4)15(19(21)22)11(3)16-17/h10,13H,5-9H2,1-4H3/t10-,13+/m1/s1. The molecule has 0 saturated carbocycles. The van der Waals surface area contributed by atoms with Crippen LogP contribution in [-0.2, 0) is 21.2 Å². The molecule has 0 N–H and O–H groups in total. The number of hydrogen-bond donors (Lipinski definition) is 0. The molecule has 0 spiro atoms. The molecule has 0 aromatic carbocycles. The second-order valence-corrected chi connectivity index (χ2v) is 8.78. The lowest BCUT2D eigenvalue weighted by molar-refractivity contribution is -0.386. The first-order valence-corrected chi connectivity index (χ1v) is 10.1. The maximum absolute atomic E-state index is 12.9. The van der Waals surface area contributed by atoms with Crippen LogP contribution in [0.5, 0.6) is 0 Å². The molecule has 2 atom stereocenters. The zero-order valence-electron chi connectivity index (χ0n) is 14.9. The maximum Gasteiger partial charge on any atom is 0.312 e. The largest absolute Gasteiger partial charge is 0.334 e. The second kappa shape index (κ2) is 7.11. The molecular formula is C15H24N4O5S. The first kappa shape index (κ1) is 19.4. The van der Waals surface area contributed by atoms with Gasteiger partial charge < -0.3 is 4.90 Å². The Bertz CT molecular complexity index is 786. The number of sulfone groups is 1. The third-order valence-corrected chi connectivity index (χ3v) is 6.52. The van der Waals surface area contributed by atoms with Crippen LogP contribution >= 0.6 is 0 Å². The fourth-order valence-electron chi connectivity index (χ4n) is 3.32. The van der Waals surface area contributed by atoms with Crippen molar-refractivity contribution in [1.29, 1.82) is 0 Å². The van der Waals surface area contributed by atoms with Gasteiger partial charge in [0.15, 0.2) is 9.84 Å². The van der Waals surface area contributed by atoms with Crippen molar-refractivity contribution in [1.82, 2.24) is 14.7 Å². The van der Waals surface area contributed by atoms with Gasteiger partial charge in [0.05, 0.1) is 16.4 Å². The van der Waals surface area contributed by atoms with Crippen molar-refractivity contribution in [2.45, 2.75) is 59.2 Å². The Hall–Kier alpha value is -1.97. The molecule has 1 fully saturated rings. The van der Waals surface area contributed by atoms with Crippen molar-refractivity contribution in [3.05, 3.63) is 21.5 Å². The van der Waals surface area contributed by atoms with Crippen molar-refractivity contribution >= 4 is 21.4 Å². The Morgan fingerprint density at radius 3 is 2.56 bits per heavy atom. The fourth-order valence-corrected chi connectivity index (χ4v) is 5.03. The first-order valence-electron chi connectivity index (χ1n) is 8.27. The molecule has 1 aliphatic heterocycles. The number of nitro groups is 1. The highest BCUT2D eigenvalue weighted by Gasteiger charge is 2.37. The van der Waals surface area contributed by atoms with Gasteiger partial charge in [0, 0.05) is 12.1 Å². The molecular weight excluding hydrogens is 348 g/mol. The molecule has 0 radical (unpaired) electrons. The van der Waals surface area contributed by atoms with Crippen LogP contribution in [0.4, 0.5) is 5.69 Å². The lowest BCUT2D eigenvalue weighted by Gasteiger charge is -2.33. The Labute approximate surface area is 147 Å². The molecule has 25 heavy (non-hydrogen) atoms. The molecule has 140 valence electrons. The van der Waals surface area contributed by atoms with Gasteiger partial charge in [-0.3, -0.25) is 19.6 Å². The lowest BCUT2D eigenvalue weighted by atomic mass is 10.1. The van der Waals surface area contributed by atoms with Gasteiger partial charge in [0.25, 0.3) is 0 Å². The summed E-state index contributed by atoms with van der Waals surface area (Å²) in [4.78, 5) is 25.1. The molecule has 9 nitrogen and oxygen atoms in total. The van der Waals surface area contributed by atoms with E-state index in [1.165, 1.54) is 11.6 Å². The van der Waals surface area contributed by atoms with Crippen molar-refractivity contribution in [2.75, 3.05) is 11.5 Å². The summed E-state index contributed by atoms with van der Waals surface area (Å²) < 4.78 is 24.9. The van der Waals surface area contributed by atoms with Gasteiger partial charge in [-0.25, -0.2) is 8.42 Å². The highest BCUT2D eigenvalue weighted by Crippen LogP contribution is 2.24. The van der Waals surface area contributed by atoms with Crippen LogP contribution in [0.15, 0.2) is 0 Å². The maximum atomic E-state index is 12.9. The van der Waals surface area contributed by atoms with Gasteiger partial charge in [-0.05, 0) is 33.6 Å². The van der Waals surface area contributed by atoms with Crippen LogP contribution in [-0.4, -0.2) is 57.5 Å². The molecule has 10 heteroatoms. The minimum absolute atomic E-state index is 0.0274. The number of carbonyl (C=O) groups excluding carboxylic acids is 1. The molecule has 1 saturated heterocycles. The number of aryl methyl sites for hydroxylation is 1. The van der Waals surface area contributed by atoms with E-state index in [1.807, 2.05) is 13.8 Å². The van der Waals surface area contributed by atoms with Crippen molar-refractivity contribution in [3.63, 3.8) is 0 Å². The van der Waals surface area contributed by atoms with Crippen molar-refractivity contribution in [2.24, 2.45) is 0 Å². The average Bonchev–Trinajstić information content (AvgIpc) is 2.98. The molecule has 2 rings (SSSR count). The second-order valence-electron chi connectivity index (χ2n) is 6.55. The topological polar surface area (TPSA) is 115 Å². The van der Waals surface area contributed by atoms with E-state index in [-0.39, 0.29) is 47.4 Å². The van der Waals surface area contributed by atoms with Crippen LogP contribution in [0.3, 0.4) is 0 Å². The first-order chi connectivity index (χ1) is 11.6. The van der Waals surface area contributed by atoms with E-state index < -0.39 is 14.8 Å². The van der Waals surface area contributed by atoms with Gasteiger partial charge in [0.2, 0.25) is 5.91 Å². The Morgan fingerprint density at radius 1 is 1.48 bits per heavy atom. The van der Waals surface area contributed by atoms with Gasteiger partial charge in [-0.2, -0.15) is 5.10 Å². The van der Waals surface area contributed by atoms with E-state index in [0.29, 0.717) is 18.5 Å². The number of hydrogen-bond acceptors (Lipinski definition) is 6. The molecule has 1 aromatic heterocycles. The van der Waals surface area contributed by atoms with Crippen LogP contribution < -0.4 is 0 Å². The van der Waals surface area contributed by atoms with Gasteiger partial charge in [-0.1, -0.05) is 6.92 Å². The Morgan fingerprint density at radius 2 is 2.12 bits per heavy atom. The molecule has 1 aliphatic rings. The predicted octanol–water partition coefficient (Wildman–Crippen LogP) is 1.22. The number of aromatic nitrogens is 2. The highest BCUT2D eigenvalue weighted by molar-refractivity contribution is 7.91. The van der Waals surface area contributed by atoms with Gasteiger partial charge >= 0.3 is 5.69 Å². The Balaban J connectivity index is 2.27.